The second kappa shape index (κ2) is 7.77. The van der Waals surface area contributed by atoms with E-state index >= 15 is 0 Å². The van der Waals surface area contributed by atoms with Crippen LogP contribution in [0.3, 0.4) is 0 Å². The molecule has 0 spiro atoms. The monoisotopic (exact) mass is 379 g/mol. The molecule has 0 atom stereocenters. The normalized spacial score (nSPS) is 16.7. The largest absolute Gasteiger partial charge is 0.380 e. The Hall–Kier alpha value is -1.90. The van der Waals surface area contributed by atoms with E-state index in [1.807, 2.05) is 6.92 Å². The Balaban J connectivity index is 1.75. The zero-order valence-electron chi connectivity index (χ0n) is 14.9. The molecular formula is C18H22FN3O3S. The molecule has 1 saturated heterocycles. The summed E-state index contributed by atoms with van der Waals surface area (Å²) in [5.41, 5.74) is 1.89. The molecule has 0 amide bonds. The quantitative estimate of drug-likeness (QED) is 0.799. The van der Waals surface area contributed by atoms with E-state index in [9.17, 15) is 12.8 Å². The lowest BCUT2D eigenvalue weighted by Crippen LogP contribution is -2.38. The maximum Gasteiger partial charge on any atom is 0.243 e. The Morgan fingerprint density at radius 2 is 1.88 bits per heavy atom. The SMILES string of the molecule is COCc1cnc(C)nc1C1CCN(S(=O)(=O)c2ccc(F)cc2)CC1. The van der Waals surface area contributed by atoms with Crippen LogP contribution in [0, 0.1) is 12.7 Å². The van der Waals surface area contributed by atoms with Gasteiger partial charge in [-0.2, -0.15) is 4.31 Å². The number of aryl methyl sites for hydroxylation is 1. The minimum Gasteiger partial charge on any atom is -0.380 e. The van der Waals surface area contributed by atoms with Crippen molar-refractivity contribution in [2.45, 2.75) is 37.2 Å². The molecule has 0 radical (unpaired) electrons. The number of nitrogens with zero attached hydrogens (tertiary/aromatic N) is 3. The Morgan fingerprint density at radius 3 is 2.50 bits per heavy atom. The molecule has 1 aliphatic heterocycles. The minimum absolute atomic E-state index is 0.121. The van der Waals surface area contributed by atoms with Gasteiger partial charge in [0.1, 0.15) is 11.6 Å². The highest BCUT2D eigenvalue weighted by Crippen LogP contribution is 2.31. The lowest BCUT2D eigenvalue weighted by Gasteiger charge is -2.31. The number of ether oxygens (including phenoxy) is 1. The molecule has 1 fully saturated rings. The fourth-order valence-corrected chi connectivity index (χ4v) is 4.73. The number of aromatic nitrogens is 2. The molecule has 1 aromatic carbocycles. The first-order chi connectivity index (χ1) is 12.4. The van der Waals surface area contributed by atoms with Crippen molar-refractivity contribution in [3.8, 4) is 0 Å². The predicted molar refractivity (Wildman–Crippen MR) is 94.6 cm³/mol. The highest BCUT2D eigenvalue weighted by molar-refractivity contribution is 7.89. The molecule has 1 aliphatic rings. The molecule has 0 unspecified atom stereocenters. The van der Waals surface area contributed by atoms with Gasteiger partial charge in [-0.05, 0) is 44.0 Å². The van der Waals surface area contributed by atoms with Crippen LogP contribution < -0.4 is 0 Å². The molecule has 0 bridgehead atoms. The van der Waals surface area contributed by atoms with E-state index in [0.717, 1.165) is 11.3 Å². The standard InChI is InChI=1S/C18H22FN3O3S/c1-13-20-11-15(12-25-2)18(21-13)14-7-9-22(10-8-14)26(23,24)17-5-3-16(19)4-6-17/h3-6,11,14H,7-10,12H2,1-2H3. The summed E-state index contributed by atoms with van der Waals surface area (Å²) < 4.78 is 45.2. The number of benzene rings is 1. The number of rotatable bonds is 5. The van der Waals surface area contributed by atoms with Crippen LogP contribution in [0.5, 0.6) is 0 Å². The number of hydrogen-bond donors (Lipinski definition) is 0. The number of sulfonamides is 1. The molecule has 3 rings (SSSR count). The molecule has 140 valence electrons. The summed E-state index contributed by atoms with van der Waals surface area (Å²) in [6, 6.07) is 4.95. The zero-order valence-corrected chi connectivity index (χ0v) is 15.7. The van der Waals surface area contributed by atoms with Crippen LogP contribution in [0.15, 0.2) is 35.4 Å². The van der Waals surface area contributed by atoms with Crippen LogP contribution >= 0.6 is 0 Å². The van der Waals surface area contributed by atoms with Gasteiger partial charge in [-0.1, -0.05) is 0 Å². The van der Waals surface area contributed by atoms with E-state index in [0.29, 0.717) is 38.4 Å². The topological polar surface area (TPSA) is 72.4 Å². The van der Waals surface area contributed by atoms with Gasteiger partial charge in [0, 0.05) is 37.9 Å². The molecule has 0 saturated carbocycles. The van der Waals surface area contributed by atoms with Crippen molar-refractivity contribution in [3.05, 3.63) is 53.4 Å². The van der Waals surface area contributed by atoms with Crippen LogP contribution in [-0.2, 0) is 21.4 Å². The zero-order chi connectivity index (χ0) is 18.7. The molecular weight excluding hydrogens is 357 g/mol. The van der Waals surface area contributed by atoms with E-state index in [2.05, 4.69) is 9.97 Å². The fraction of sp³-hybridized carbons (Fsp3) is 0.444. The highest BCUT2D eigenvalue weighted by Gasteiger charge is 2.31. The van der Waals surface area contributed by atoms with Crippen molar-refractivity contribution < 1.29 is 17.5 Å². The maximum atomic E-state index is 13.1. The van der Waals surface area contributed by atoms with E-state index in [1.165, 1.54) is 28.6 Å². The second-order valence-corrected chi connectivity index (χ2v) is 8.33. The Bertz CT molecular complexity index is 864. The summed E-state index contributed by atoms with van der Waals surface area (Å²) in [5, 5.41) is 0. The van der Waals surface area contributed by atoms with E-state index < -0.39 is 15.8 Å². The van der Waals surface area contributed by atoms with Gasteiger partial charge in [-0.15, -0.1) is 0 Å². The summed E-state index contributed by atoms with van der Waals surface area (Å²) in [4.78, 5) is 8.92. The van der Waals surface area contributed by atoms with Crippen LogP contribution in [0.1, 0.15) is 35.8 Å². The van der Waals surface area contributed by atoms with Crippen LogP contribution in [0.2, 0.25) is 0 Å². The van der Waals surface area contributed by atoms with Gasteiger partial charge in [-0.25, -0.2) is 22.8 Å². The molecule has 1 aromatic heterocycles. The third-order valence-electron chi connectivity index (χ3n) is 4.61. The van der Waals surface area contributed by atoms with Crippen molar-refractivity contribution in [1.82, 2.24) is 14.3 Å². The molecule has 0 aliphatic carbocycles. The van der Waals surface area contributed by atoms with Gasteiger partial charge < -0.3 is 4.74 Å². The molecule has 0 N–H and O–H groups in total. The second-order valence-electron chi connectivity index (χ2n) is 6.39. The first-order valence-electron chi connectivity index (χ1n) is 8.49. The van der Waals surface area contributed by atoms with Crippen molar-refractivity contribution in [3.63, 3.8) is 0 Å². The third-order valence-corrected chi connectivity index (χ3v) is 6.52. The van der Waals surface area contributed by atoms with Crippen LogP contribution in [-0.4, -0.2) is 42.9 Å². The number of piperidine rings is 1. The number of halogens is 1. The van der Waals surface area contributed by atoms with Crippen molar-refractivity contribution in [2.75, 3.05) is 20.2 Å². The van der Waals surface area contributed by atoms with Gasteiger partial charge in [0.05, 0.1) is 17.2 Å². The Labute approximate surface area is 153 Å². The predicted octanol–water partition coefficient (Wildman–Crippen LogP) is 2.64. The van der Waals surface area contributed by atoms with Crippen molar-refractivity contribution >= 4 is 10.0 Å². The van der Waals surface area contributed by atoms with Crippen LogP contribution in [0.4, 0.5) is 4.39 Å². The fourth-order valence-electron chi connectivity index (χ4n) is 3.26. The third kappa shape index (κ3) is 3.92. The average molecular weight is 379 g/mol. The molecule has 6 nitrogen and oxygen atoms in total. The van der Waals surface area contributed by atoms with Crippen molar-refractivity contribution in [1.29, 1.82) is 0 Å². The molecule has 2 heterocycles. The van der Waals surface area contributed by atoms with Gasteiger partial charge in [-0.3, -0.25) is 0 Å². The number of hydrogen-bond acceptors (Lipinski definition) is 5. The summed E-state index contributed by atoms with van der Waals surface area (Å²) in [7, 11) is -1.98. The summed E-state index contributed by atoms with van der Waals surface area (Å²) in [5.74, 6) is 0.412. The van der Waals surface area contributed by atoms with Gasteiger partial charge in [0.25, 0.3) is 0 Å². The van der Waals surface area contributed by atoms with Gasteiger partial charge >= 0.3 is 0 Å². The van der Waals surface area contributed by atoms with E-state index in [1.54, 1.807) is 13.3 Å². The van der Waals surface area contributed by atoms with Crippen LogP contribution in [0.25, 0.3) is 0 Å². The number of methoxy groups -OCH3 is 1. The summed E-state index contributed by atoms with van der Waals surface area (Å²) in [6.07, 6.45) is 3.13. The van der Waals surface area contributed by atoms with Gasteiger partial charge in [0.15, 0.2) is 0 Å². The lowest BCUT2D eigenvalue weighted by molar-refractivity contribution is 0.182. The Kier molecular flexibility index (Phi) is 5.64. The Morgan fingerprint density at radius 1 is 1.23 bits per heavy atom. The van der Waals surface area contributed by atoms with E-state index in [-0.39, 0.29) is 10.8 Å². The van der Waals surface area contributed by atoms with Crippen molar-refractivity contribution in [2.24, 2.45) is 0 Å². The maximum absolute atomic E-state index is 13.1. The molecule has 8 heteroatoms. The summed E-state index contributed by atoms with van der Waals surface area (Å²) >= 11 is 0. The molecule has 26 heavy (non-hydrogen) atoms. The lowest BCUT2D eigenvalue weighted by atomic mass is 9.92. The molecule has 2 aromatic rings. The minimum atomic E-state index is -3.60. The highest BCUT2D eigenvalue weighted by atomic mass is 32.2. The average Bonchev–Trinajstić information content (AvgIpc) is 2.64. The van der Waals surface area contributed by atoms with Gasteiger partial charge in [0.2, 0.25) is 10.0 Å². The summed E-state index contributed by atoms with van der Waals surface area (Å²) in [6.45, 7) is 3.08. The van der Waals surface area contributed by atoms with E-state index in [4.69, 9.17) is 4.74 Å². The first kappa shape index (κ1) is 18.9. The first-order valence-corrected chi connectivity index (χ1v) is 9.93. The smallest absolute Gasteiger partial charge is 0.243 e.